The first-order valence-corrected chi connectivity index (χ1v) is 12.2. The molecule has 0 aliphatic heterocycles. The van der Waals surface area contributed by atoms with E-state index in [1.165, 1.54) is 16.1 Å². The number of methoxy groups -OCH3 is 3. The normalized spacial score (nSPS) is 13.6. The van der Waals surface area contributed by atoms with Crippen LogP contribution in [0.15, 0.2) is 42.5 Å². The van der Waals surface area contributed by atoms with E-state index in [-0.39, 0.29) is 30.9 Å². The van der Waals surface area contributed by atoms with Crippen LogP contribution in [0.3, 0.4) is 0 Å². The number of carbonyl (C=O) groups is 2. The van der Waals surface area contributed by atoms with Crippen LogP contribution in [0.1, 0.15) is 32.1 Å². The number of tetrazole rings is 1. The molecule has 1 aromatic heterocycles. The number of nitrogens with one attached hydrogen (secondary N) is 1. The summed E-state index contributed by atoms with van der Waals surface area (Å²) in [7, 11) is 4.67. The minimum Gasteiger partial charge on any atom is -0.497 e. The predicted octanol–water partition coefficient (Wildman–Crippen LogP) is 2.85. The lowest BCUT2D eigenvalue weighted by molar-refractivity contribution is -0.124. The van der Waals surface area contributed by atoms with Gasteiger partial charge in [0.2, 0.25) is 11.7 Å². The van der Waals surface area contributed by atoms with Crippen molar-refractivity contribution in [1.82, 2.24) is 25.5 Å². The van der Waals surface area contributed by atoms with E-state index in [1.807, 2.05) is 0 Å². The molecule has 11 nitrogen and oxygen atoms in total. The molecule has 0 radical (unpaired) electrons. The molecule has 1 saturated carbocycles. The fourth-order valence-corrected chi connectivity index (χ4v) is 4.36. The van der Waals surface area contributed by atoms with E-state index in [0.717, 1.165) is 25.7 Å². The first-order valence-electron chi connectivity index (χ1n) is 12.2. The Hall–Kier alpha value is -4.15. The minimum absolute atomic E-state index is 0.112. The zero-order chi connectivity index (χ0) is 26.2. The highest BCUT2D eigenvalue weighted by Gasteiger charge is 2.23. The van der Waals surface area contributed by atoms with E-state index in [4.69, 9.17) is 14.2 Å². The van der Waals surface area contributed by atoms with Crippen molar-refractivity contribution in [1.29, 1.82) is 0 Å². The number of ether oxygens (including phenoxy) is 3. The van der Waals surface area contributed by atoms with Gasteiger partial charge in [0.25, 0.3) is 5.91 Å². The highest BCUT2D eigenvalue weighted by Crippen LogP contribution is 2.30. The summed E-state index contributed by atoms with van der Waals surface area (Å²) in [5.41, 5.74) is 1.24. The Morgan fingerprint density at radius 1 is 0.973 bits per heavy atom. The first-order chi connectivity index (χ1) is 18.0. The molecule has 2 amide bonds. The monoisotopic (exact) mass is 508 g/mol. The lowest BCUT2D eigenvalue weighted by Crippen LogP contribution is -2.45. The molecule has 1 fully saturated rings. The van der Waals surface area contributed by atoms with Gasteiger partial charge in [0, 0.05) is 17.3 Å². The Balaban J connectivity index is 1.50. The molecule has 4 rings (SSSR count). The number of hydrogen-bond donors (Lipinski definition) is 1. The summed E-state index contributed by atoms with van der Waals surface area (Å²) in [5.74, 6) is 1.55. The van der Waals surface area contributed by atoms with Gasteiger partial charge in [0.15, 0.2) is 11.5 Å². The molecule has 0 bridgehead atoms. The molecule has 1 N–H and O–H groups in total. The maximum absolute atomic E-state index is 13.4. The summed E-state index contributed by atoms with van der Waals surface area (Å²) in [6.45, 7) is -0.304. The molecular weight excluding hydrogens is 476 g/mol. The number of aromatic nitrogens is 4. The van der Waals surface area contributed by atoms with Crippen molar-refractivity contribution in [3.63, 3.8) is 0 Å². The number of rotatable bonds is 10. The van der Waals surface area contributed by atoms with Crippen LogP contribution in [-0.4, -0.2) is 65.9 Å². The van der Waals surface area contributed by atoms with Crippen molar-refractivity contribution in [2.45, 2.75) is 44.7 Å². The molecule has 37 heavy (non-hydrogen) atoms. The second kappa shape index (κ2) is 12.2. The minimum atomic E-state index is -0.347. The lowest BCUT2D eigenvalue weighted by atomic mass is 9.95. The maximum Gasteiger partial charge on any atom is 0.251 e. The van der Waals surface area contributed by atoms with E-state index in [2.05, 4.69) is 20.7 Å². The zero-order valence-electron chi connectivity index (χ0n) is 21.3. The first kappa shape index (κ1) is 25.9. The van der Waals surface area contributed by atoms with Gasteiger partial charge in [0.1, 0.15) is 18.8 Å². The van der Waals surface area contributed by atoms with Crippen molar-refractivity contribution in [3.05, 3.63) is 42.5 Å². The molecule has 1 aliphatic carbocycles. The highest BCUT2D eigenvalue weighted by atomic mass is 16.5. The summed E-state index contributed by atoms with van der Waals surface area (Å²) in [6.07, 6.45) is 5.33. The molecule has 0 saturated heterocycles. The second-order valence-electron chi connectivity index (χ2n) is 8.79. The molecule has 2 aromatic carbocycles. The van der Waals surface area contributed by atoms with Gasteiger partial charge in [-0.1, -0.05) is 19.3 Å². The van der Waals surface area contributed by atoms with Crippen LogP contribution < -0.4 is 24.4 Å². The number of carbonyl (C=O) groups excluding carboxylic acids is 2. The Morgan fingerprint density at radius 2 is 1.70 bits per heavy atom. The van der Waals surface area contributed by atoms with Crippen LogP contribution in [-0.2, 0) is 16.1 Å². The van der Waals surface area contributed by atoms with Crippen LogP contribution in [0.5, 0.6) is 17.2 Å². The Kier molecular flexibility index (Phi) is 8.55. The van der Waals surface area contributed by atoms with Crippen LogP contribution in [0.2, 0.25) is 0 Å². The number of anilines is 1. The van der Waals surface area contributed by atoms with Gasteiger partial charge in [-0.2, -0.15) is 4.80 Å². The second-order valence-corrected chi connectivity index (χ2v) is 8.79. The van der Waals surface area contributed by atoms with Crippen LogP contribution in [0, 0.1) is 0 Å². The van der Waals surface area contributed by atoms with Crippen molar-refractivity contribution < 1.29 is 23.8 Å². The third kappa shape index (κ3) is 6.54. The van der Waals surface area contributed by atoms with Gasteiger partial charge in [-0.3, -0.25) is 9.59 Å². The average Bonchev–Trinajstić information content (AvgIpc) is 3.40. The fourth-order valence-electron chi connectivity index (χ4n) is 4.36. The summed E-state index contributed by atoms with van der Waals surface area (Å²) >= 11 is 0. The van der Waals surface area contributed by atoms with Crippen LogP contribution >= 0.6 is 0 Å². The quantitative estimate of drug-likeness (QED) is 0.444. The van der Waals surface area contributed by atoms with E-state index in [1.54, 1.807) is 63.8 Å². The van der Waals surface area contributed by atoms with Crippen LogP contribution in [0.25, 0.3) is 11.4 Å². The van der Waals surface area contributed by atoms with Crippen molar-refractivity contribution >= 4 is 17.5 Å². The number of amides is 2. The zero-order valence-corrected chi connectivity index (χ0v) is 21.3. The molecule has 196 valence electrons. The number of benzene rings is 2. The van der Waals surface area contributed by atoms with Crippen molar-refractivity contribution in [3.8, 4) is 28.6 Å². The standard InChI is InChI=1S/C26H32N6O5/c1-35-21-12-10-20(11-13-21)31(16-24(33)27-19-7-5-4-6-8-19)25(34)17-32-29-26(28-30-32)18-9-14-22(36-2)23(15-18)37-3/h9-15,19H,4-8,16-17H2,1-3H3,(H,27,33). The molecule has 1 aliphatic rings. The van der Waals surface area contributed by atoms with Gasteiger partial charge < -0.3 is 24.4 Å². The number of hydrogen-bond acceptors (Lipinski definition) is 8. The SMILES string of the molecule is COc1ccc(N(CC(=O)NC2CCCCC2)C(=O)Cn2nnc(-c3ccc(OC)c(OC)c3)n2)cc1. The average molecular weight is 509 g/mol. The van der Waals surface area contributed by atoms with Crippen molar-refractivity contribution in [2.75, 3.05) is 32.8 Å². The summed E-state index contributed by atoms with van der Waals surface area (Å²) < 4.78 is 15.8. The Morgan fingerprint density at radius 3 is 2.38 bits per heavy atom. The van der Waals surface area contributed by atoms with Gasteiger partial charge in [0.05, 0.1) is 21.3 Å². The van der Waals surface area contributed by atoms with Crippen molar-refractivity contribution in [2.24, 2.45) is 0 Å². The van der Waals surface area contributed by atoms with Crippen LogP contribution in [0.4, 0.5) is 5.69 Å². The molecule has 1 heterocycles. The molecule has 11 heteroatoms. The Bertz CT molecular complexity index is 1210. The van der Waals surface area contributed by atoms with Gasteiger partial charge in [-0.25, -0.2) is 0 Å². The molecular formula is C26H32N6O5. The summed E-state index contributed by atoms with van der Waals surface area (Å²) in [5, 5.41) is 15.6. The topological polar surface area (TPSA) is 121 Å². The lowest BCUT2D eigenvalue weighted by Gasteiger charge is -2.26. The Labute approximate surface area is 215 Å². The van der Waals surface area contributed by atoms with E-state index >= 15 is 0 Å². The number of nitrogens with zero attached hydrogens (tertiary/aromatic N) is 5. The third-order valence-corrected chi connectivity index (χ3v) is 6.33. The third-order valence-electron chi connectivity index (χ3n) is 6.33. The van der Waals surface area contributed by atoms with Gasteiger partial charge >= 0.3 is 0 Å². The predicted molar refractivity (Wildman–Crippen MR) is 137 cm³/mol. The van der Waals surface area contributed by atoms with E-state index in [0.29, 0.717) is 34.3 Å². The molecule has 3 aromatic rings. The highest BCUT2D eigenvalue weighted by molar-refractivity contribution is 5.98. The van der Waals surface area contributed by atoms with E-state index in [9.17, 15) is 9.59 Å². The fraction of sp³-hybridized carbons (Fsp3) is 0.423. The molecule has 0 unspecified atom stereocenters. The summed E-state index contributed by atoms with van der Waals surface area (Å²) in [4.78, 5) is 28.9. The van der Waals surface area contributed by atoms with Gasteiger partial charge in [-0.15, -0.1) is 10.2 Å². The largest absolute Gasteiger partial charge is 0.497 e. The van der Waals surface area contributed by atoms with E-state index < -0.39 is 0 Å². The van der Waals surface area contributed by atoms with Gasteiger partial charge in [-0.05, 0) is 60.5 Å². The molecule has 0 spiro atoms. The summed E-state index contributed by atoms with van der Waals surface area (Å²) in [6, 6.07) is 12.4. The molecule has 0 atom stereocenters. The smallest absolute Gasteiger partial charge is 0.251 e. The maximum atomic E-state index is 13.4.